The Morgan fingerprint density at radius 3 is 2.67 bits per heavy atom. The summed E-state index contributed by atoms with van der Waals surface area (Å²) in [5.74, 6) is 0.0325. The zero-order valence-electron chi connectivity index (χ0n) is 14.8. The van der Waals surface area contributed by atoms with E-state index in [0.29, 0.717) is 18.7 Å². The number of hydrogen-bond acceptors (Lipinski definition) is 4. The van der Waals surface area contributed by atoms with Crippen LogP contribution in [0.15, 0.2) is 78.6 Å². The Labute approximate surface area is 162 Å². The minimum absolute atomic E-state index is 0.0325. The summed E-state index contributed by atoms with van der Waals surface area (Å²) in [5, 5.41) is 0. The van der Waals surface area contributed by atoms with Gasteiger partial charge in [-0.05, 0) is 41.8 Å². The number of pyridine rings is 1. The fourth-order valence-electron chi connectivity index (χ4n) is 3.04. The first-order chi connectivity index (χ1) is 13.3. The second kappa shape index (κ2) is 8.10. The smallest absolute Gasteiger partial charge is 0.254 e. The normalized spacial score (nSPS) is 10.8. The molecular formula is C22H19N3OS. The largest absolute Gasteiger partial charge is 0.334 e. The second-order valence-corrected chi connectivity index (χ2v) is 7.24. The lowest BCUT2D eigenvalue weighted by Crippen LogP contribution is -2.32. The van der Waals surface area contributed by atoms with Crippen LogP contribution in [0.4, 0.5) is 0 Å². The molecule has 0 aliphatic carbocycles. The molecule has 0 N–H and O–H groups in total. The number of benzene rings is 2. The molecule has 1 amide bonds. The van der Waals surface area contributed by atoms with Gasteiger partial charge in [0.15, 0.2) is 0 Å². The van der Waals surface area contributed by atoms with E-state index in [1.807, 2.05) is 65.1 Å². The Morgan fingerprint density at radius 2 is 1.85 bits per heavy atom. The highest BCUT2D eigenvalue weighted by molar-refractivity contribution is 7.16. The Kier molecular flexibility index (Phi) is 5.21. The van der Waals surface area contributed by atoms with Crippen molar-refractivity contribution in [1.82, 2.24) is 14.9 Å². The van der Waals surface area contributed by atoms with Crippen LogP contribution in [-0.2, 0) is 13.0 Å². The van der Waals surface area contributed by atoms with E-state index in [1.54, 1.807) is 17.5 Å². The number of aromatic nitrogens is 2. The van der Waals surface area contributed by atoms with Crippen LogP contribution < -0.4 is 0 Å². The van der Waals surface area contributed by atoms with Gasteiger partial charge in [-0.2, -0.15) is 0 Å². The molecule has 0 saturated carbocycles. The average Bonchev–Trinajstić information content (AvgIpc) is 3.20. The SMILES string of the molecule is O=C(c1ccc2ncsc2c1)N(CCc1ccccc1)Cc1cccnc1. The molecule has 0 aliphatic rings. The number of carbonyl (C=O) groups is 1. The number of hydrogen-bond donors (Lipinski definition) is 0. The summed E-state index contributed by atoms with van der Waals surface area (Å²) >= 11 is 1.55. The van der Waals surface area contributed by atoms with Crippen molar-refractivity contribution in [3.63, 3.8) is 0 Å². The quantitative estimate of drug-likeness (QED) is 0.497. The highest BCUT2D eigenvalue weighted by atomic mass is 32.1. The fourth-order valence-corrected chi connectivity index (χ4v) is 3.76. The van der Waals surface area contributed by atoms with E-state index in [-0.39, 0.29) is 5.91 Å². The summed E-state index contributed by atoms with van der Waals surface area (Å²) in [5.41, 5.74) is 5.68. The molecule has 5 heteroatoms. The fraction of sp³-hybridized carbons (Fsp3) is 0.136. The molecule has 2 aromatic heterocycles. The maximum absolute atomic E-state index is 13.2. The average molecular weight is 373 g/mol. The Bertz CT molecular complexity index is 1030. The van der Waals surface area contributed by atoms with Crippen LogP contribution in [0.25, 0.3) is 10.2 Å². The molecule has 2 heterocycles. The predicted octanol–water partition coefficient (Wildman–Crippen LogP) is 4.58. The van der Waals surface area contributed by atoms with Gasteiger partial charge in [0.1, 0.15) is 0 Å². The van der Waals surface area contributed by atoms with Gasteiger partial charge in [-0.3, -0.25) is 9.78 Å². The Hall–Kier alpha value is -3.05. The molecule has 0 saturated heterocycles. The summed E-state index contributed by atoms with van der Waals surface area (Å²) in [6, 6.07) is 19.9. The highest BCUT2D eigenvalue weighted by Gasteiger charge is 2.17. The molecule has 0 unspecified atom stereocenters. The molecular weight excluding hydrogens is 354 g/mol. The maximum Gasteiger partial charge on any atom is 0.254 e. The Morgan fingerprint density at radius 1 is 1.00 bits per heavy atom. The van der Waals surface area contributed by atoms with E-state index < -0.39 is 0 Å². The monoisotopic (exact) mass is 373 g/mol. The zero-order valence-corrected chi connectivity index (χ0v) is 15.6. The summed E-state index contributed by atoms with van der Waals surface area (Å²) in [4.78, 5) is 23.6. The lowest BCUT2D eigenvalue weighted by atomic mass is 10.1. The van der Waals surface area contributed by atoms with E-state index in [0.717, 1.165) is 22.2 Å². The predicted molar refractivity (Wildman–Crippen MR) is 109 cm³/mol. The van der Waals surface area contributed by atoms with Gasteiger partial charge >= 0.3 is 0 Å². The van der Waals surface area contributed by atoms with Crippen LogP contribution in [0.3, 0.4) is 0 Å². The number of amides is 1. The van der Waals surface area contributed by atoms with E-state index in [4.69, 9.17) is 0 Å². The van der Waals surface area contributed by atoms with Crippen molar-refractivity contribution in [2.75, 3.05) is 6.54 Å². The molecule has 4 nitrogen and oxygen atoms in total. The van der Waals surface area contributed by atoms with Crippen molar-refractivity contribution < 1.29 is 4.79 Å². The molecule has 0 radical (unpaired) electrons. The molecule has 134 valence electrons. The number of fused-ring (bicyclic) bond motifs is 1. The number of carbonyl (C=O) groups excluding carboxylic acids is 1. The molecule has 4 aromatic rings. The molecule has 4 rings (SSSR count). The third-order valence-corrected chi connectivity index (χ3v) is 5.27. The van der Waals surface area contributed by atoms with Gasteiger partial charge in [0.05, 0.1) is 15.7 Å². The summed E-state index contributed by atoms with van der Waals surface area (Å²) in [7, 11) is 0. The van der Waals surface area contributed by atoms with Crippen LogP contribution >= 0.6 is 11.3 Å². The van der Waals surface area contributed by atoms with Crippen LogP contribution in [-0.4, -0.2) is 27.3 Å². The summed E-state index contributed by atoms with van der Waals surface area (Å²) in [6.45, 7) is 1.19. The number of rotatable bonds is 6. The summed E-state index contributed by atoms with van der Waals surface area (Å²) in [6.07, 6.45) is 4.38. The molecule has 0 atom stereocenters. The zero-order chi connectivity index (χ0) is 18.5. The molecule has 0 bridgehead atoms. The van der Waals surface area contributed by atoms with Gasteiger partial charge in [-0.1, -0.05) is 36.4 Å². The van der Waals surface area contributed by atoms with E-state index in [1.165, 1.54) is 5.56 Å². The van der Waals surface area contributed by atoms with Crippen molar-refractivity contribution in [3.8, 4) is 0 Å². The van der Waals surface area contributed by atoms with Gasteiger partial charge < -0.3 is 4.90 Å². The molecule has 27 heavy (non-hydrogen) atoms. The van der Waals surface area contributed by atoms with Crippen molar-refractivity contribution in [1.29, 1.82) is 0 Å². The molecule has 0 aliphatic heterocycles. The lowest BCUT2D eigenvalue weighted by molar-refractivity contribution is 0.0745. The topological polar surface area (TPSA) is 46.1 Å². The van der Waals surface area contributed by atoms with E-state index in [2.05, 4.69) is 22.1 Å². The van der Waals surface area contributed by atoms with Crippen molar-refractivity contribution in [3.05, 3.63) is 95.3 Å². The first-order valence-electron chi connectivity index (χ1n) is 8.85. The van der Waals surface area contributed by atoms with Gasteiger partial charge in [-0.25, -0.2) is 4.98 Å². The van der Waals surface area contributed by atoms with Gasteiger partial charge in [0.2, 0.25) is 0 Å². The van der Waals surface area contributed by atoms with Crippen LogP contribution in [0.5, 0.6) is 0 Å². The first kappa shape index (κ1) is 17.4. The molecule has 2 aromatic carbocycles. The van der Waals surface area contributed by atoms with Crippen LogP contribution in [0, 0.1) is 0 Å². The first-order valence-corrected chi connectivity index (χ1v) is 9.73. The lowest BCUT2D eigenvalue weighted by Gasteiger charge is -2.23. The minimum atomic E-state index is 0.0325. The van der Waals surface area contributed by atoms with Crippen LogP contribution in [0.1, 0.15) is 21.5 Å². The number of nitrogens with zero attached hydrogens (tertiary/aromatic N) is 3. The third-order valence-electron chi connectivity index (χ3n) is 4.47. The van der Waals surface area contributed by atoms with Crippen molar-refractivity contribution >= 4 is 27.5 Å². The molecule has 0 spiro atoms. The van der Waals surface area contributed by atoms with Gasteiger partial charge in [0.25, 0.3) is 5.91 Å². The van der Waals surface area contributed by atoms with Crippen LogP contribution in [0.2, 0.25) is 0 Å². The highest BCUT2D eigenvalue weighted by Crippen LogP contribution is 2.21. The van der Waals surface area contributed by atoms with Crippen molar-refractivity contribution in [2.24, 2.45) is 0 Å². The van der Waals surface area contributed by atoms with Crippen molar-refractivity contribution in [2.45, 2.75) is 13.0 Å². The van der Waals surface area contributed by atoms with Gasteiger partial charge in [-0.15, -0.1) is 11.3 Å². The van der Waals surface area contributed by atoms with E-state index >= 15 is 0 Å². The maximum atomic E-state index is 13.2. The summed E-state index contributed by atoms with van der Waals surface area (Å²) < 4.78 is 1.03. The Balaban J connectivity index is 1.58. The number of thiazole rings is 1. The minimum Gasteiger partial charge on any atom is -0.334 e. The molecule has 0 fully saturated rings. The van der Waals surface area contributed by atoms with Gasteiger partial charge in [0, 0.05) is 31.0 Å². The standard InChI is InChI=1S/C22H19N3OS/c26-22(19-8-9-20-21(13-19)27-16-24-20)25(15-18-7-4-11-23-14-18)12-10-17-5-2-1-3-6-17/h1-9,11,13-14,16H,10,12,15H2. The van der Waals surface area contributed by atoms with E-state index in [9.17, 15) is 4.79 Å². The second-order valence-electron chi connectivity index (χ2n) is 6.36. The third kappa shape index (κ3) is 4.20.